The molecule has 2 aromatic carbocycles. The van der Waals surface area contributed by atoms with Crippen LogP contribution in [0.15, 0.2) is 54.9 Å². The molecule has 0 N–H and O–H groups in total. The first-order chi connectivity index (χ1) is 16.1. The van der Waals surface area contributed by atoms with E-state index in [1.165, 1.54) is 6.33 Å². The molecule has 2 atom stereocenters. The van der Waals surface area contributed by atoms with Crippen molar-refractivity contribution >= 4 is 11.6 Å². The number of tetrazole rings is 1. The second-order valence-electron chi connectivity index (χ2n) is 8.69. The van der Waals surface area contributed by atoms with E-state index in [4.69, 9.17) is 0 Å². The quantitative estimate of drug-likeness (QED) is 0.403. The van der Waals surface area contributed by atoms with E-state index >= 15 is 0 Å². The minimum absolute atomic E-state index is 0.121. The molecule has 2 fully saturated rings. The minimum atomic E-state index is -0.372. The van der Waals surface area contributed by atoms with Crippen LogP contribution in [-0.2, 0) is 17.6 Å². The van der Waals surface area contributed by atoms with Gasteiger partial charge >= 0.3 is 0 Å². The van der Waals surface area contributed by atoms with Crippen LogP contribution in [0.1, 0.15) is 24.0 Å². The van der Waals surface area contributed by atoms with Gasteiger partial charge in [-0.15, -0.1) is 5.10 Å². The average molecular weight is 447 g/mol. The van der Waals surface area contributed by atoms with Crippen molar-refractivity contribution in [1.29, 1.82) is 0 Å². The Morgan fingerprint density at radius 2 is 1.67 bits per heavy atom. The van der Waals surface area contributed by atoms with Crippen LogP contribution in [0.4, 0.5) is 5.69 Å². The first-order valence-electron chi connectivity index (χ1n) is 11.2. The first kappa shape index (κ1) is 21.2. The second-order valence-corrected chi connectivity index (χ2v) is 8.69. The second kappa shape index (κ2) is 9.07. The lowest BCUT2D eigenvalue weighted by molar-refractivity contribution is -0.384. The number of rotatable bonds is 7. The maximum Gasteiger partial charge on any atom is 0.269 e. The van der Waals surface area contributed by atoms with Gasteiger partial charge in [0.15, 0.2) is 0 Å². The molecule has 0 spiro atoms. The molecule has 2 saturated heterocycles. The van der Waals surface area contributed by atoms with E-state index in [2.05, 4.69) is 20.4 Å². The number of hydrogen-bond acceptors (Lipinski definition) is 7. The Hall–Kier alpha value is -3.66. The van der Waals surface area contributed by atoms with Crippen LogP contribution in [0.3, 0.4) is 0 Å². The fourth-order valence-corrected chi connectivity index (χ4v) is 4.93. The number of nitro groups is 1. The van der Waals surface area contributed by atoms with Crippen molar-refractivity contribution in [2.75, 3.05) is 19.6 Å². The van der Waals surface area contributed by atoms with Crippen molar-refractivity contribution in [3.05, 3.63) is 76.1 Å². The normalized spacial score (nSPS) is 20.2. The zero-order valence-corrected chi connectivity index (χ0v) is 18.2. The number of benzene rings is 2. The Bertz CT molecular complexity index is 1100. The highest BCUT2D eigenvalue weighted by atomic mass is 16.6. The van der Waals surface area contributed by atoms with E-state index in [0.29, 0.717) is 18.5 Å². The maximum absolute atomic E-state index is 13.0. The van der Waals surface area contributed by atoms with Gasteiger partial charge in [0.05, 0.1) is 17.0 Å². The standard InChI is InChI=1S/C23H25N7O3/c31-23(13-18-3-5-19(6-4-18)29-16-24-25-26-29)27-14-21-9-10-22(15-27)28(21)12-11-17-1-7-20(8-2-17)30(32)33/h1-8,16,21-22H,9-15H2. The number of carbonyl (C=O) groups is 1. The Morgan fingerprint density at radius 3 is 2.27 bits per heavy atom. The molecule has 33 heavy (non-hydrogen) atoms. The third-order valence-electron chi connectivity index (χ3n) is 6.70. The largest absolute Gasteiger partial charge is 0.339 e. The van der Waals surface area contributed by atoms with E-state index in [1.807, 2.05) is 41.3 Å². The summed E-state index contributed by atoms with van der Waals surface area (Å²) < 4.78 is 1.58. The van der Waals surface area contributed by atoms with Gasteiger partial charge in [0.1, 0.15) is 6.33 Å². The smallest absolute Gasteiger partial charge is 0.269 e. The molecular formula is C23H25N7O3. The van der Waals surface area contributed by atoms with Crippen LogP contribution in [-0.4, -0.2) is 72.6 Å². The van der Waals surface area contributed by atoms with Crippen molar-refractivity contribution < 1.29 is 9.72 Å². The van der Waals surface area contributed by atoms with Gasteiger partial charge in [0, 0.05) is 43.9 Å². The van der Waals surface area contributed by atoms with Crippen LogP contribution < -0.4 is 0 Å². The summed E-state index contributed by atoms with van der Waals surface area (Å²) in [5.41, 5.74) is 3.06. The summed E-state index contributed by atoms with van der Waals surface area (Å²) in [4.78, 5) is 28.0. The fourth-order valence-electron chi connectivity index (χ4n) is 4.93. The first-order valence-corrected chi connectivity index (χ1v) is 11.2. The molecular weight excluding hydrogens is 422 g/mol. The number of nitrogens with zero attached hydrogens (tertiary/aromatic N) is 7. The highest BCUT2D eigenvalue weighted by Gasteiger charge is 2.40. The minimum Gasteiger partial charge on any atom is -0.339 e. The fraction of sp³-hybridized carbons (Fsp3) is 0.391. The van der Waals surface area contributed by atoms with Crippen LogP contribution in [0.5, 0.6) is 0 Å². The molecule has 10 heteroatoms. The van der Waals surface area contributed by atoms with Crippen molar-refractivity contribution in [3.8, 4) is 5.69 Å². The molecule has 2 bridgehead atoms. The van der Waals surface area contributed by atoms with E-state index < -0.39 is 0 Å². The lowest BCUT2D eigenvalue weighted by atomic mass is 10.1. The third-order valence-corrected chi connectivity index (χ3v) is 6.70. The molecule has 170 valence electrons. The van der Waals surface area contributed by atoms with Gasteiger partial charge in [-0.2, -0.15) is 0 Å². The summed E-state index contributed by atoms with van der Waals surface area (Å²) in [6.07, 6.45) is 4.99. The Labute approximate surface area is 191 Å². The van der Waals surface area contributed by atoms with Gasteiger partial charge in [0.25, 0.3) is 5.69 Å². The van der Waals surface area contributed by atoms with Crippen LogP contribution in [0.2, 0.25) is 0 Å². The predicted molar refractivity (Wildman–Crippen MR) is 120 cm³/mol. The van der Waals surface area contributed by atoms with Gasteiger partial charge in [-0.05, 0) is 52.9 Å². The molecule has 2 unspecified atom stereocenters. The number of carbonyl (C=O) groups excluding carboxylic acids is 1. The highest BCUT2D eigenvalue weighted by molar-refractivity contribution is 5.79. The third kappa shape index (κ3) is 4.61. The number of fused-ring (bicyclic) bond motifs is 2. The zero-order valence-electron chi connectivity index (χ0n) is 18.2. The zero-order chi connectivity index (χ0) is 22.8. The number of non-ortho nitro benzene ring substituents is 1. The van der Waals surface area contributed by atoms with Crippen molar-refractivity contribution in [3.63, 3.8) is 0 Å². The van der Waals surface area contributed by atoms with Crippen LogP contribution >= 0.6 is 0 Å². The van der Waals surface area contributed by atoms with Crippen molar-refractivity contribution in [2.45, 2.75) is 37.8 Å². The Balaban J connectivity index is 1.15. The lowest BCUT2D eigenvalue weighted by Gasteiger charge is -2.41. The molecule has 1 amide bonds. The molecule has 3 aromatic rings. The number of aromatic nitrogens is 4. The lowest BCUT2D eigenvalue weighted by Crippen LogP contribution is -2.55. The van der Waals surface area contributed by atoms with Gasteiger partial charge < -0.3 is 4.90 Å². The van der Waals surface area contributed by atoms with E-state index in [9.17, 15) is 14.9 Å². The molecule has 3 heterocycles. The number of nitro benzene ring substituents is 1. The molecule has 10 nitrogen and oxygen atoms in total. The predicted octanol–water partition coefficient (Wildman–Crippen LogP) is 2.03. The van der Waals surface area contributed by atoms with Gasteiger partial charge in [-0.1, -0.05) is 24.3 Å². The van der Waals surface area contributed by atoms with Crippen LogP contribution in [0, 0.1) is 10.1 Å². The summed E-state index contributed by atoms with van der Waals surface area (Å²) in [6, 6.07) is 15.3. The molecule has 2 aliphatic rings. The SMILES string of the molecule is O=C(Cc1ccc(-n2cnnn2)cc1)N1CC2CCC(C1)N2CCc1ccc([N+](=O)[O-])cc1. The summed E-state index contributed by atoms with van der Waals surface area (Å²) in [6.45, 7) is 2.43. The van der Waals surface area contributed by atoms with E-state index in [0.717, 1.165) is 55.7 Å². The summed E-state index contributed by atoms with van der Waals surface area (Å²) >= 11 is 0. The number of hydrogen-bond donors (Lipinski definition) is 0. The summed E-state index contributed by atoms with van der Waals surface area (Å²) in [7, 11) is 0. The summed E-state index contributed by atoms with van der Waals surface area (Å²) in [5, 5.41) is 22.0. The monoisotopic (exact) mass is 447 g/mol. The molecule has 2 aliphatic heterocycles. The molecule has 0 radical (unpaired) electrons. The number of amides is 1. The Kier molecular flexibility index (Phi) is 5.82. The van der Waals surface area contributed by atoms with Gasteiger partial charge in [-0.3, -0.25) is 19.8 Å². The summed E-state index contributed by atoms with van der Waals surface area (Å²) in [5.74, 6) is 0.164. The van der Waals surface area contributed by atoms with Gasteiger partial charge in [-0.25, -0.2) is 4.68 Å². The number of piperazine rings is 1. The van der Waals surface area contributed by atoms with E-state index in [1.54, 1.807) is 16.8 Å². The Morgan fingerprint density at radius 1 is 1.00 bits per heavy atom. The molecule has 1 aromatic heterocycles. The number of likely N-dealkylation sites (tertiary alicyclic amines) is 1. The molecule has 5 rings (SSSR count). The molecule has 0 saturated carbocycles. The van der Waals surface area contributed by atoms with Crippen molar-refractivity contribution in [1.82, 2.24) is 30.0 Å². The maximum atomic E-state index is 13.0. The van der Waals surface area contributed by atoms with E-state index in [-0.39, 0.29) is 16.5 Å². The average Bonchev–Trinajstić information content (AvgIpc) is 3.44. The highest BCUT2D eigenvalue weighted by Crippen LogP contribution is 2.30. The molecule has 0 aliphatic carbocycles. The van der Waals surface area contributed by atoms with Crippen molar-refractivity contribution in [2.24, 2.45) is 0 Å². The van der Waals surface area contributed by atoms with Gasteiger partial charge in [0.2, 0.25) is 5.91 Å². The van der Waals surface area contributed by atoms with Crippen LogP contribution in [0.25, 0.3) is 5.69 Å². The topological polar surface area (TPSA) is 110 Å².